The molecule has 2 amide bonds. The van der Waals surface area contributed by atoms with Crippen molar-refractivity contribution in [2.45, 2.75) is 44.7 Å². The molecule has 120 valence electrons. The normalized spacial score (nSPS) is 21.9. The largest absolute Gasteiger partial charge is 0.350 e. The number of rotatable bonds is 5. The number of anilines is 1. The highest BCUT2D eigenvalue weighted by molar-refractivity contribution is 5.92. The molecule has 8 nitrogen and oxygen atoms in total. The van der Waals surface area contributed by atoms with Crippen LogP contribution in [0.15, 0.2) is 6.20 Å². The summed E-state index contributed by atoms with van der Waals surface area (Å²) in [6.07, 6.45) is 6.66. The second-order valence-electron chi connectivity index (χ2n) is 6.03. The van der Waals surface area contributed by atoms with E-state index in [0.717, 1.165) is 45.2 Å². The lowest BCUT2D eigenvalue weighted by Gasteiger charge is -2.23. The first kappa shape index (κ1) is 15.0. The third-order valence-corrected chi connectivity index (χ3v) is 4.23. The lowest BCUT2D eigenvalue weighted by atomic mass is 9.85. The third kappa shape index (κ3) is 3.82. The predicted octanol–water partition coefficient (Wildman–Crippen LogP) is -0.115. The summed E-state index contributed by atoms with van der Waals surface area (Å²) in [4.78, 5) is 23.8. The highest BCUT2D eigenvalue weighted by atomic mass is 16.2. The molecular weight excluding hydrogens is 284 g/mol. The molecule has 1 aliphatic carbocycles. The first-order chi connectivity index (χ1) is 10.7. The first-order valence-electron chi connectivity index (χ1n) is 7.92. The molecule has 0 radical (unpaired) electrons. The van der Waals surface area contributed by atoms with E-state index in [0.29, 0.717) is 5.82 Å². The van der Waals surface area contributed by atoms with E-state index < -0.39 is 0 Å². The number of piperidine rings is 1. The summed E-state index contributed by atoms with van der Waals surface area (Å²) >= 11 is 0. The van der Waals surface area contributed by atoms with Gasteiger partial charge in [-0.25, -0.2) is 4.68 Å². The number of amides is 2. The van der Waals surface area contributed by atoms with Gasteiger partial charge >= 0.3 is 0 Å². The smallest absolute Gasteiger partial charge is 0.242 e. The van der Waals surface area contributed by atoms with E-state index in [9.17, 15) is 9.59 Å². The van der Waals surface area contributed by atoms with Crippen LogP contribution in [0, 0.1) is 5.92 Å². The molecule has 3 rings (SSSR count). The number of aromatic nitrogens is 3. The Morgan fingerprint density at radius 2 is 2.18 bits per heavy atom. The van der Waals surface area contributed by atoms with Gasteiger partial charge in [-0.3, -0.25) is 9.59 Å². The van der Waals surface area contributed by atoms with Gasteiger partial charge in [0.1, 0.15) is 6.54 Å². The molecule has 2 fully saturated rings. The molecule has 1 unspecified atom stereocenters. The molecular formula is C14H22N6O2. The van der Waals surface area contributed by atoms with Crippen LogP contribution < -0.4 is 16.0 Å². The summed E-state index contributed by atoms with van der Waals surface area (Å²) in [5, 5.41) is 16.7. The molecule has 0 spiro atoms. The van der Waals surface area contributed by atoms with Crippen LogP contribution in [0.2, 0.25) is 0 Å². The fourth-order valence-corrected chi connectivity index (χ4v) is 2.73. The average Bonchev–Trinajstić information content (AvgIpc) is 2.84. The fraction of sp³-hybridized carbons (Fsp3) is 0.714. The van der Waals surface area contributed by atoms with Crippen molar-refractivity contribution in [1.82, 2.24) is 25.6 Å². The van der Waals surface area contributed by atoms with E-state index in [1.165, 1.54) is 4.68 Å². The Morgan fingerprint density at radius 1 is 1.32 bits per heavy atom. The minimum atomic E-state index is -0.0875. The van der Waals surface area contributed by atoms with Crippen LogP contribution in [0.5, 0.6) is 0 Å². The zero-order valence-corrected chi connectivity index (χ0v) is 12.5. The number of hydrogen-bond donors (Lipinski definition) is 3. The van der Waals surface area contributed by atoms with Gasteiger partial charge in [-0.2, -0.15) is 0 Å². The molecule has 2 aliphatic rings. The van der Waals surface area contributed by atoms with E-state index in [4.69, 9.17) is 0 Å². The Balaban J connectivity index is 1.46. The van der Waals surface area contributed by atoms with Crippen LogP contribution in [0.25, 0.3) is 0 Å². The van der Waals surface area contributed by atoms with E-state index >= 15 is 0 Å². The van der Waals surface area contributed by atoms with Crippen molar-refractivity contribution in [3.8, 4) is 0 Å². The van der Waals surface area contributed by atoms with Gasteiger partial charge in [0.05, 0.1) is 6.20 Å². The molecule has 0 bridgehead atoms. The van der Waals surface area contributed by atoms with Crippen molar-refractivity contribution in [3.05, 3.63) is 6.20 Å². The number of nitrogens with one attached hydrogen (secondary N) is 3. The van der Waals surface area contributed by atoms with Crippen molar-refractivity contribution >= 4 is 17.6 Å². The molecule has 22 heavy (non-hydrogen) atoms. The van der Waals surface area contributed by atoms with E-state index in [1.54, 1.807) is 6.20 Å². The van der Waals surface area contributed by atoms with Crippen LogP contribution in [-0.2, 0) is 16.1 Å². The molecule has 1 aromatic heterocycles. The van der Waals surface area contributed by atoms with Gasteiger partial charge in [-0.15, -0.1) is 5.10 Å². The maximum Gasteiger partial charge on any atom is 0.242 e. The van der Waals surface area contributed by atoms with Gasteiger partial charge in [-0.05, 0) is 32.2 Å². The van der Waals surface area contributed by atoms with E-state index in [2.05, 4.69) is 26.3 Å². The molecule has 1 saturated heterocycles. The van der Waals surface area contributed by atoms with Crippen LogP contribution >= 0.6 is 0 Å². The van der Waals surface area contributed by atoms with Gasteiger partial charge in [0.25, 0.3) is 0 Å². The summed E-state index contributed by atoms with van der Waals surface area (Å²) < 4.78 is 1.45. The molecule has 2 heterocycles. The first-order valence-corrected chi connectivity index (χ1v) is 7.92. The van der Waals surface area contributed by atoms with Crippen molar-refractivity contribution in [1.29, 1.82) is 0 Å². The molecule has 1 aromatic rings. The molecule has 1 saturated carbocycles. The monoisotopic (exact) mass is 306 g/mol. The van der Waals surface area contributed by atoms with Gasteiger partial charge < -0.3 is 16.0 Å². The molecule has 1 aliphatic heterocycles. The minimum Gasteiger partial charge on any atom is -0.350 e. The van der Waals surface area contributed by atoms with Gasteiger partial charge in [0.15, 0.2) is 5.82 Å². The average molecular weight is 306 g/mol. The maximum atomic E-state index is 12.0. The highest BCUT2D eigenvalue weighted by Gasteiger charge is 2.25. The Hall–Kier alpha value is -1.96. The second-order valence-corrected chi connectivity index (χ2v) is 6.03. The van der Waals surface area contributed by atoms with Gasteiger partial charge in [-0.1, -0.05) is 11.6 Å². The van der Waals surface area contributed by atoms with Crippen molar-refractivity contribution in [3.63, 3.8) is 0 Å². The lowest BCUT2D eigenvalue weighted by molar-refractivity contribution is -0.123. The van der Waals surface area contributed by atoms with Crippen molar-refractivity contribution in [2.24, 2.45) is 5.92 Å². The highest BCUT2D eigenvalue weighted by Crippen LogP contribution is 2.27. The van der Waals surface area contributed by atoms with Crippen molar-refractivity contribution in [2.75, 3.05) is 18.4 Å². The van der Waals surface area contributed by atoms with Crippen LogP contribution in [-0.4, -0.2) is 45.9 Å². The van der Waals surface area contributed by atoms with Crippen LogP contribution in [0.3, 0.4) is 0 Å². The second kappa shape index (κ2) is 6.87. The summed E-state index contributed by atoms with van der Waals surface area (Å²) in [6.45, 7) is 1.94. The number of carbonyl (C=O) groups is 2. The zero-order valence-electron chi connectivity index (χ0n) is 12.5. The Bertz CT molecular complexity index is 533. The predicted molar refractivity (Wildman–Crippen MR) is 80.0 cm³/mol. The summed E-state index contributed by atoms with van der Waals surface area (Å²) in [7, 11) is 0. The Morgan fingerprint density at radius 3 is 2.86 bits per heavy atom. The molecule has 8 heteroatoms. The summed E-state index contributed by atoms with van der Waals surface area (Å²) in [6, 6.07) is 0.183. The molecule has 3 N–H and O–H groups in total. The van der Waals surface area contributed by atoms with Crippen LogP contribution in [0.4, 0.5) is 5.82 Å². The van der Waals surface area contributed by atoms with Crippen molar-refractivity contribution < 1.29 is 9.59 Å². The molecule has 1 atom stereocenters. The minimum absolute atomic E-state index is 0.00367. The quantitative estimate of drug-likeness (QED) is 0.704. The SMILES string of the molecule is O=C(Cn1cc(NC(=O)C2CCC2)nn1)NC1CCCNC1. The third-order valence-electron chi connectivity index (χ3n) is 4.23. The number of hydrogen-bond acceptors (Lipinski definition) is 5. The summed E-state index contributed by atoms with van der Waals surface area (Å²) in [5.74, 6) is 0.419. The Labute approximate surface area is 129 Å². The summed E-state index contributed by atoms with van der Waals surface area (Å²) in [5.41, 5.74) is 0. The fourth-order valence-electron chi connectivity index (χ4n) is 2.73. The number of carbonyl (C=O) groups excluding carboxylic acids is 2. The zero-order chi connectivity index (χ0) is 15.4. The van der Waals surface area contributed by atoms with E-state index in [1.807, 2.05) is 0 Å². The maximum absolute atomic E-state index is 12.0. The van der Waals surface area contributed by atoms with E-state index in [-0.39, 0.29) is 30.3 Å². The van der Waals surface area contributed by atoms with Gasteiger partial charge in [0, 0.05) is 18.5 Å². The molecule has 0 aromatic carbocycles. The number of nitrogens with zero attached hydrogens (tertiary/aromatic N) is 3. The Kier molecular flexibility index (Phi) is 4.67. The van der Waals surface area contributed by atoms with Gasteiger partial charge in [0.2, 0.25) is 11.8 Å². The van der Waals surface area contributed by atoms with Crippen LogP contribution in [0.1, 0.15) is 32.1 Å². The topological polar surface area (TPSA) is 101 Å². The standard InChI is InChI=1S/C14H22N6O2/c21-13(16-11-5-2-6-15-7-11)9-20-8-12(18-19-20)17-14(22)10-3-1-4-10/h8,10-11,15H,1-7,9H2,(H,16,21)(H,17,22). The lowest BCUT2D eigenvalue weighted by Crippen LogP contribution is -2.46.